The number of nitrogens with one attached hydrogen (secondary N) is 1. The maximum atomic E-state index is 4.79. The Kier molecular flexibility index (Phi) is 2.95. The molecule has 3 aliphatic rings. The lowest BCUT2D eigenvalue weighted by molar-refractivity contribution is 0.155. The zero-order chi connectivity index (χ0) is 14.8. The van der Waals surface area contributed by atoms with E-state index in [4.69, 9.17) is 4.98 Å². The summed E-state index contributed by atoms with van der Waals surface area (Å²) < 4.78 is 0.910. The number of hydrogen-bond acceptors (Lipinski definition) is 3. The van der Waals surface area contributed by atoms with Gasteiger partial charge in [-0.05, 0) is 64.8 Å². The molecule has 3 nitrogen and oxygen atoms in total. The molecular weight excluding hydrogens is 326 g/mol. The highest BCUT2D eigenvalue weighted by Crippen LogP contribution is 2.63. The van der Waals surface area contributed by atoms with Crippen LogP contribution in [0.3, 0.4) is 0 Å². The van der Waals surface area contributed by atoms with Gasteiger partial charge in [0.1, 0.15) is 16.2 Å². The molecule has 0 radical (unpaired) electrons. The van der Waals surface area contributed by atoms with Gasteiger partial charge in [-0.3, -0.25) is 0 Å². The number of aromatic nitrogens is 2. The van der Waals surface area contributed by atoms with Gasteiger partial charge in [-0.25, -0.2) is 9.97 Å². The van der Waals surface area contributed by atoms with Crippen LogP contribution in [0.5, 0.6) is 0 Å². The summed E-state index contributed by atoms with van der Waals surface area (Å²) in [5.74, 6) is 3.46. The second kappa shape index (κ2) is 4.43. The van der Waals surface area contributed by atoms with Crippen LogP contribution in [0.4, 0.5) is 5.82 Å². The topological polar surface area (TPSA) is 37.8 Å². The summed E-state index contributed by atoms with van der Waals surface area (Å²) in [5.41, 5.74) is 0.773. The van der Waals surface area contributed by atoms with Gasteiger partial charge in [0.2, 0.25) is 0 Å². The van der Waals surface area contributed by atoms with Crippen molar-refractivity contribution in [2.45, 2.75) is 64.8 Å². The van der Waals surface area contributed by atoms with Crippen LogP contribution >= 0.6 is 15.9 Å². The molecule has 3 unspecified atom stereocenters. The maximum absolute atomic E-state index is 4.79. The minimum Gasteiger partial charge on any atom is -0.366 e. The van der Waals surface area contributed by atoms with Crippen molar-refractivity contribution < 1.29 is 0 Å². The standard InChI is InChI=1S/C17H24BrN3/c1-16(2)11-6-7-17(3,9-11)15(16)21-13-8-12(18)19-14(20-13)10-4-5-10/h8,10-11,15H,4-7,9H2,1-3H3,(H,19,20,21). The lowest BCUT2D eigenvalue weighted by Crippen LogP contribution is -2.46. The van der Waals surface area contributed by atoms with Crippen molar-refractivity contribution in [2.24, 2.45) is 16.7 Å². The van der Waals surface area contributed by atoms with Crippen molar-refractivity contribution in [1.82, 2.24) is 9.97 Å². The van der Waals surface area contributed by atoms with E-state index in [1.165, 1.54) is 32.1 Å². The van der Waals surface area contributed by atoms with Crippen molar-refractivity contribution in [3.63, 3.8) is 0 Å². The first-order valence-electron chi connectivity index (χ1n) is 8.19. The fourth-order valence-electron chi connectivity index (χ4n) is 4.84. The van der Waals surface area contributed by atoms with E-state index in [1.807, 2.05) is 6.07 Å². The Morgan fingerprint density at radius 2 is 1.95 bits per heavy atom. The Bertz CT molecular complexity index is 577. The molecule has 3 atom stereocenters. The normalized spacial score (nSPS) is 37.0. The number of nitrogens with zero attached hydrogens (tertiary/aromatic N) is 2. The van der Waals surface area contributed by atoms with Crippen LogP contribution in [0, 0.1) is 16.7 Å². The van der Waals surface area contributed by atoms with E-state index in [1.54, 1.807) is 0 Å². The van der Waals surface area contributed by atoms with Crippen molar-refractivity contribution in [2.75, 3.05) is 5.32 Å². The predicted molar refractivity (Wildman–Crippen MR) is 88.3 cm³/mol. The quantitative estimate of drug-likeness (QED) is 0.800. The molecule has 114 valence electrons. The molecular formula is C17H24BrN3. The number of hydrogen-bond donors (Lipinski definition) is 1. The molecule has 4 heteroatoms. The first kappa shape index (κ1) is 14.0. The molecule has 3 saturated carbocycles. The number of anilines is 1. The van der Waals surface area contributed by atoms with Crippen LogP contribution in [-0.4, -0.2) is 16.0 Å². The fraction of sp³-hybridized carbons (Fsp3) is 0.765. The van der Waals surface area contributed by atoms with Gasteiger partial charge >= 0.3 is 0 Å². The van der Waals surface area contributed by atoms with Crippen LogP contribution in [0.25, 0.3) is 0 Å². The molecule has 0 aromatic carbocycles. The second-order valence-corrected chi connectivity index (χ2v) is 9.01. The number of halogens is 1. The van der Waals surface area contributed by atoms with Crippen molar-refractivity contribution in [3.05, 3.63) is 16.5 Å². The molecule has 0 aliphatic heterocycles. The average molecular weight is 350 g/mol. The van der Waals surface area contributed by atoms with Gasteiger partial charge in [0.05, 0.1) is 0 Å². The number of fused-ring (bicyclic) bond motifs is 2. The highest BCUT2D eigenvalue weighted by atomic mass is 79.9. The summed E-state index contributed by atoms with van der Waals surface area (Å²) >= 11 is 3.55. The summed E-state index contributed by atoms with van der Waals surface area (Å²) in [6, 6.07) is 2.55. The third-order valence-corrected chi connectivity index (χ3v) is 6.62. The van der Waals surface area contributed by atoms with Gasteiger partial charge in [-0.15, -0.1) is 0 Å². The Morgan fingerprint density at radius 1 is 1.19 bits per heavy atom. The smallest absolute Gasteiger partial charge is 0.135 e. The van der Waals surface area contributed by atoms with E-state index in [-0.39, 0.29) is 0 Å². The minimum absolute atomic E-state index is 0.351. The molecule has 2 bridgehead atoms. The van der Waals surface area contributed by atoms with E-state index >= 15 is 0 Å². The van der Waals surface area contributed by atoms with Crippen molar-refractivity contribution in [3.8, 4) is 0 Å². The Hall–Kier alpha value is -0.640. The minimum atomic E-state index is 0.351. The molecule has 1 N–H and O–H groups in total. The third kappa shape index (κ3) is 2.21. The summed E-state index contributed by atoms with van der Waals surface area (Å²) in [6.07, 6.45) is 6.58. The van der Waals surface area contributed by atoms with E-state index < -0.39 is 0 Å². The Morgan fingerprint density at radius 3 is 2.57 bits per heavy atom. The molecule has 0 saturated heterocycles. The predicted octanol–water partition coefficient (Wildman–Crippen LogP) is 4.74. The average Bonchev–Trinajstić information content (AvgIpc) is 3.14. The van der Waals surface area contributed by atoms with Crippen LogP contribution in [0.2, 0.25) is 0 Å². The lowest BCUT2D eigenvalue weighted by Gasteiger charge is -2.43. The summed E-state index contributed by atoms with van der Waals surface area (Å²) in [7, 11) is 0. The number of rotatable bonds is 3. The van der Waals surface area contributed by atoms with Crippen LogP contribution in [0.15, 0.2) is 10.7 Å². The third-order valence-electron chi connectivity index (χ3n) is 6.22. The van der Waals surface area contributed by atoms with Crippen molar-refractivity contribution in [1.29, 1.82) is 0 Å². The largest absolute Gasteiger partial charge is 0.366 e. The van der Waals surface area contributed by atoms with Crippen molar-refractivity contribution >= 4 is 21.7 Å². The SMILES string of the molecule is CC12CCC(C1)C(C)(C)C2Nc1cc(Br)nc(C2CC2)n1. The monoisotopic (exact) mass is 349 g/mol. The maximum Gasteiger partial charge on any atom is 0.135 e. The zero-order valence-electron chi connectivity index (χ0n) is 13.1. The molecule has 4 rings (SSSR count). The van der Waals surface area contributed by atoms with Gasteiger partial charge < -0.3 is 5.32 Å². The van der Waals surface area contributed by atoms with Gasteiger partial charge in [-0.2, -0.15) is 0 Å². The lowest BCUT2D eigenvalue weighted by atomic mass is 9.68. The van der Waals surface area contributed by atoms with E-state index in [2.05, 4.69) is 47.0 Å². The molecule has 0 amide bonds. The van der Waals surface area contributed by atoms with Gasteiger partial charge in [0.15, 0.2) is 0 Å². The fourth-order valence-corrected chi connectivity index (χ4v) is 5.24. The van der Waals surface area contributed by atoms with Crippen LogP contribution in [0.1, 0.15) is 64.6 Å². The first-order valence-corrected chi connectivity index (χ1v) is 8.99. The Balaban J connectivity index is 1.63. The van der Waals surface area contributed by atoms with Crippen LogP contribution in [-0.2, 0) is 0 Å². The van der Waals surface area contributed by atoms with Gasteiger partial charge in [0, 0.05) is 18.0 Å². The van der Waals surface area contributed by atoms with Crippen LogP contribution < -0.4 is 5.32 Å². The zero-order valence-corrected chi connectivity index (χ0v) is 14.7. The molecule has 1 heterocycles. The molecule has 0 spiro atoms. The van der Waals surface area contributed by atoms with E-state index in [9.17, 15) is 0 Å². The van der Waals surface area contributed by atoms with Gasteiger partial charge in [-0.1, -0.05) is 20.8 Å². The molecule has 21 heavy (non-hydrogen) atoms. The summed E-state index contributed by atoms with van der Waals surface area (Å²) in [4.78, 5) is 9.32. The second-order valence-electron chi connectivity index (χ2n) is 8.20. The molecule has 1 aromatic heterocycles. The molecule has 1 aromatic rings. The summed E-state index contributed by atoms with van der Waals surface area (Å²) in [6.45, 7) is 7.31. The highest BCUT2D eigenvalue weighted by Gasteiger charge is 2.59. The van der Waals surface area contributed by atoms with E-state index in [0.29, 0.717) is 22.8 Å². The first-order chi connectivity index (χ1) is 9.88. The van der Waals surface area contributed by atoms with Gasteiger partial charge in [0.25, 0.3) is 0 Å². The molecule has 3 fully saturated rings. The Labute approximate surface area is 135 Å². The highest BCUT2D eigenvalue weighted by molar-refractivity contribution is 9.10. The summed E-state index contributed by atoms with van der Waals surface area (Å²) in [5, 5.41) is 3.79. The molecule has 3 aliphatic carbocycles. The van der Waals surface area contributed by atoms with E-state index in [0.717, 1.165) is 22.2 Å².